The Morgan fingerprint density at radius 2 is 1.88 bits per heavy atom. The predicted molar refractivity (Wildman–Crippen MR) is 71.8 cm³/mol. The van der Waals surface area contributed by atoms with Gasteiger partial charge in [0, 0.05) is 17.0 Å². The molecule has 2 rings (SSSR count). The zero-order valence-electron chi connectivity index (χ0n) is 10.0. The first-order chi connectivity index (χ1) is 8.03. The molecule has 1 aromatic rings. The first kappa shape index (κ1) is 12.9. The summed E-state index contributed by atoms with van der Waals surface area (Å²) in [5.41, 5.74) is 1.06. The van der Waals surface area contributed by atoms with E-state index in [0.717, 1.165) is 12.0 Å². The fourth-order valence-electron chi connectivity index (χ4n) is 1.71. The predicted octanol–water partition coefficient (Wildman–Crippen LogP) is 2.17. The molecule has 5 heteroatoms. The maximum absolute atomic E-state index is 12.0. The Labute approximate surface area is 107 Å². The number of benzene rings is 1. The number of aryl methyl sites for hydroxylation is 1. The lowest BCUT2D eigenvalue weighted by Gasteiger charge is -2.06. The Morgan fingerprint density at radius 3 is 2.41 bits per heavy atom. The molecule has 1 aliphatic rings. The van der Waals surface area contributed by atoms with E-state index in [1.165, 1.54) is 0 Å². The minimum absolute atomic E-state index is 0.349. The molecule has 94 valence electrons. The average Bonchev–Trinajstić information content (AvgIpc) is 3.06. The van der Waals surface area contributed by atoms with Crippen molar-refractivity contribution in [3.8, 4) is 0 Å². The van der Waals surface area contributed by atoms with E-state index in [4.69, 9.17) is 0 Å². The Balaban J connectivity index is 1.97. The van der Waals surface area contributed by atoms with Crippen molar-refractivity contribution in [2.45, 2.75) is 35.7 Å². The number of rotatable bonds is 5. The monoisotopic (exact) mass is 271 g/mol. The molecular weight excluding hydrogens is 254 g/mol. The molecule has 0 aliphatic carbocycles. The van der Waals surface area contributed by atoms with Gasteiger partial charge in [-0.05, 0) is 25.5 Å². The van der Waals surface area contributed by atoms with E-state index >= 15 is 0 Å². The van der Waals surface area contributed by atoms with Crippen LogP contribution in [0.25, 0.3) is 0 Å². The zero-order chi connectivity index (χ0) is 12.5. The lowest BCUT2D eigenvalue weighted by Crippen LogP contribution is -2.28. The number of hydrogen-bond donors (Lipinski definition) is 1. The van der Waals surface area contributed by atoms with Crippen LogP contribution in [0.1, 0.15) is 18.9 Å². The second-order valence-electron chi connectivity index (χ2n) is 4.29. The third-order valence-corrected chi connectivity index (χ3v) is 5.88. The van der Waals surface area contributed by atoms with Gasteiger partial charge in [0.1, 0.15) is 0 Å². The second-order valence-corrected chi connectivity index (χ2v) is 7.54. The molecule has 0 aromatic heterocycles. The van der Waals surface area contributed by atoms with Crippen LogP contribution in [0.2, 0.25) is 0 Å². The van der Waals surface area contributed by atoms with Crippen LogP contribution in [0, 0.1) is 6.92 Å². The highest BCUT2D eigenvalue weighted by atomic mass is 32.2. The summed E-state index contributed by atoms with van der Waals surface area (Å²) in [4.78, 5) is 0.349. The lowest BCUT2D eigenvalue weighted by molar-refractivity contribution is 0.581. The van der Waals surface area contributed by atoms with Gasteiger partial charge in [-0.25, -0.2) is 13.1 Å². The Hall–Kier alpha value is -0.520. The molecule has 3 nitrogen and oxygen atoms in total. The molecule has 1 fully saturated rings. The van der Waals surface area contributed by atoms with Gasteiger partial charge in [-0.1, -0.05) is 24.6 Å². The number of thioether (sulfide) groups is 1. The van der Waals surface area contributed by atoms with Crippen molar-refractivity contribution in [3.63, 3.8) is 0 Å². The highest BCUT2D eigenvalue weighted by Crippen LogP contribution is 2.42. The second kappa shape index (κ2) is 5.00. The Bertz CT molecular complexity index is 482. The summed E-state index contributed by atoms with van der Waals surface area (Å²) in [6.45, 7) is 4.61. The van der Waals surface area contributed by atoms with E-state index in [1.54, 1.807) is 12.1 Å². The minimum atomic E-state index is -3.33. The molecule has 1 heterocycles. The summed E-state index contributed by atoms with van der Waals surface area (Å²) in [7, 11) is -3.33. The van der Waals surface area contributed by atoms with E-state index in [0.29, 0.717) is 21.9 Å². The van der Waals surface area contributed by atoms with E-state index in [-0.39, 0.29) is 0 Å². The molecule has 1 N–H and O–H groups in total. The summed E-state index contributed by atoms with van der Waals surface area (Å²) >= 11 is 1.85. The molecular formula is C12H17NO2S2. The Kier molecular flexibility index (Phi) is 3.80. The molecule has 1 saturated heterocycles. The van der Waals surface area contributed by atoms with Crippen molar-refractivity contribution in [2.75, 3.05) is 6.54 Å². The van der Waals surface area contributed by atoms with Crippen molar-refractivity contribution >= 4 is 21.8 Å². The lowest BCUT2D eigenvalue weighted by atomic mass is 10.2. The smallest absolute Gasteiger partial charge is 0.210 e. The average molecular weight is 271 g/mol. The van der Waals surface area contributed by atoms with Crippen LogP contribution in [-0.2, 0) is 10.0 Å². The molecule has 0 bridgehead atoms. The van der Waals surface area contributed by atoms with Crippen LogP contribution < -0.4 is 4.72 Å². The molecule has 0 unspecified atom stereocenters. The zero-order valence-corrected chi connectivity index (χ0v) is 11.6. The highest BCUT2D eigenvalue weighted by molar-refractivity contribution is 8.07. The minimum Gasteiger partial charge on any atom is -0.210 e. The largest absolute Gasteiger partial charge is 0.240 e. The summed E-state index contributed by atoms with van der Waals surface area (Å²) in [5, 5.41) is 1.09. The first-order valence-electron chi connectivity index (χ1n) is 5.74. The van der Waals surface area contributed by atoms with Crippen LogP contribution >= 0.6 is 11.8 Å². The van der Waals surface area contributed by atoms with Crippen LogP contribution in [0.5, 0.6) is 0 Å². The van der Waals surface area contributed by atoms with Gasteiger partial charge in [-0.2, -0.15) is 11.8 Å². The quantitative estimate of drug-likeness (QED) is 0.835. The normalized spacial score (nSPS) is 23.6. The third-order valence-electron chi connectivity index (χ3n) is 2.90. The van der Waals surface area contributed by atoms with Crippen molar-refractivity contribution in [2.24, 2.45) is 0 Å². The van der Waals surface area contributed by atoms with Crippen LogP contribution in [0.15, 0.2) is 29.2 Å². The standard InChI is InChI=1S/C12H17NO2S2/c1-3-11-12(16-11)8-13-17(14,15)10-6-4-9(2)5-7-10/h4-7,11-13H,3,8H2,1-2H3/t11-,12+/m0/s1. The molecule has 1 aliphatic heterocycles. The topological polar surface area (TPSA) is 46.2 Å². The molecule has 0 spiro atoms. The van der Waals surface area contributed by atoms with Gasteiger partial charge < -0.3 is 0 Å². The fourth-order valence-corrected chi connectivity index (χ4v) is 3.89. The van der Waals surface area contributed by atoms with E-state index < -0.39 is 10.0 Å². The summed E-state index contributed by atoms with van der Waals surface area (Å²) in [5.74, 6) is 0. The Morgan fingerprint density at radius 1 is 1.24 bits per heavy atom. The number of sulfonamides is 1. The summed E-state index contributed by atoms with van der Waals surface area (Å²) in [6.07, 6.45) is 1.11. The van der Waals surface area contributed by atoms with Gasteiger partial charge in [0.15, 0.2) is 0 Å². The molecule has 0 amide bonds. The molecule has 0 saturated carbocycles. The van der Waals surface area contributed by atoms with Crippen molar-refractivity contribution < 1.29 is 8.42 Å². The van der Waals surface area contributed by atoms with E-state index in [2.05, 4.69) is 11.6 Å². The van der Waals surface area contributed by atoms with E-state index in [1.807, 2.05) is 30.8 Å². The third kappa shape index (κ3) is 3.24. The highest BCUT2D eigenvalue weighted by Gasteiger charge is 2.37. The fraction of sp³-hybridized carbons (Fsp3) is 0.500. The maximum Gasteiger partial charge on any atom is 0.240 e. The van der Waals surface area contributed by atoms with E-state index in [9.17, 15) is 8.42 Å². The SMILES string of the molecule is CC[C@@H]1S[C@@H]1CNS(=O)(=O)c1ccc(C)cc1. The summed E-state index contributed by atoms with van der Waals surface area (Å²) in [6, 6.07) is 6.93. The molecule has 0 radical (unpaired) electrons. The molecule has 1 aromatic carbocycles. The maximum atomic E-state index is 12.0. The van der Waals surface area contributed by atoms with Crippen molar-refractivity contribution in [1.82, 2.24) is 4.72 Å². The number of nitrogens with one attached hydrogen (secondary N) is 1. The van der Waals surface area contributed by atoms with Crippen LogP contribution in [0.3, 0.4) is 0 Å². The van der Waals surface area contributed by atoms with Crippen LogP contribution in [-0.4, -0.2) is 25.5 Å². The molecule has 2 atom stereocenters. The van der Waals surface area contributed by atoms with Crippen molar-refractivity contribution in [3.05, 3.63) is 29.8 Å². The van der Waals surface area contributed by atoms with Gasteiger partial charge in [0.05, 0.1) is 4.90 Å². The van der Waals surface area contributed by atoms with Crippen LogP contribution in [0.4, 0.5) is 0 Å². The van der Waals surface area contributed by atoms with Gasteiger partial charge in [-0.15, -0.1) is 0 Å². The number of hydrogen-bond acceptors (Lipinski definition) is 3. The van der Waals surface area contributed by atoms with Crippen molar-refractivity contribution in [1.29, 1.82) is 0 Å². The van der Waals surface area contributed by atoms with Gasteiger partial charge in [0.2, 0.25) is 10.0 Å². The van der Waals surface area contributed by atoms with Gasteiger partial charge in [-0.3, -0.25) is 0 Å². The summed E-state index contributed by atoms with van der Waals surface area (Å²) < 4.78 is 26.6. The van der Waals surface area contributed by atoms with Gasteiger partial charge in [0.25, 0.3) is 0 Å². The first-order valence-corrected chi connectivity index (χ1v) is 8.17. The molecule has 17 heavy (non-hydrogen) atoms. The van der Waals surface area contributed by atoms with Gasteiger partial charge >= 0.3 is 0 Å².